The molecule has 37 heavy (non-hydrogen) atoms. The molecule has 204 valence electrons. The van der Waals surface area contributed by atoms with E-state index in [0.717, 1.165) is 24.8 Å². The van der Waals surface area contributed by atoms with Crippen molar-refractivity contribution in [1.82, 2.24) is 0 Å². The van der Waals surface area contributed by atoms with Crippen molar-refractivity contribution in [3.8, 4) is 11.5 Å². The van der Waals surface area contributed by atoms with Crippen molar-refractivity contribution in [2.24, 2.45) is 5.92 Å². The van der Waals surface area contributed by atoms with Gasteiger partial charge >= 0.3 is 12.1 Å². The highest BCUT2D eigenvalue weighted by Gasteiger charge is 2.53. The number of benzene rings is 1. The average Bonchev–Trinajstić information content (AvgIpc) is 2.80. The lowest BCUT2D eigenvalue weighted by Gasteiger charge is -2.42. The monoisotopic (exact) mass is 523 g/mol. The van der Waals surface area contributed by atoms with E-state index >= 15 is 8.78 Å². The quantitative estimate of drug-likeness (QED) is 0.0776. The third-order valence-electron chi connectivity index (χ3n) is 7.27. The minimum atomic E-state index is -3.43. The second-order valence-corrected chi connectivity index (χ2v) is 10.4. The number of ether oxygens (including phenoxy) is 2. The van der Waals surface area contributed by atoms with Crippen LogP contribution in [0.25, 0.3) is 0 Å². The topological polar surface area (TPSA) is 105 Å². The first-order valence-electron chi connectivity index (χ1n) is 12.8. The number of halogens is 2. The van der Waals surface area contributed by atoms with Gasteiger partial charge in [-0.25, -0.2) is 0 Å². The molecule has 0 amide bonds. The van der Waals surface area contributed by atoms with Crippen LogP contribution in [-0.2, 0) is 19.8 Å². The van der Waals surface area contributed by atoms with Crippen LogP contribution in [0.4, 0.5) is 8.78 Å². The molecule has 0 aromatic heterocycles. The summed E-state index contributed by atoms with van der Waals surface area (Å²) < 4.78 is 41.1. The van der Waals surface area contributed by atoms with Gasteiger partial charge in [-0.05, 0) is 64.2 Å². The molecule has 0 saturated carbocycles. The van der Waals surface area contributed by atoms with Crippen molar-refractivity contribution in [2.75, 3.05) is 6.61 Å². The zero-order valence-electron chi connectivity index (χ0n) is 21.8. The molecule has 8 nitrogen and oxygen atoms in total. The number of nitrogens with zero attached hydrogens (tertiary/aromatic N) is 1. The lowest BCUT2D eigenvalue weighted by molar-refractivity contribution is -0.757. The minimum Gasteiger partial charge on any atom is -0.432 e. The number of unbranched alkanes of at least 4 members (excludes halogenated alkanes) is 2. The highest BCUT2D eigenvalue weighted by atomic mass is 19.3. The van der Waals surface area contributed by atoms with Gasteiger partial charge in [0.05, 0.1) is 12.5 Å². The second kappa shape index (κ2) is 11.6. The molecule has 1 heterocycles. The van der Waals surface area contributed by atoms with Gasteiger partial charge in [-0.1, -0.05) is 31.4 Å². The molecule has 0 saturated heterocycles. The number of ketones is 1. The van der Waals surface area contributed by atoms with E-state index in [9.17, 15) is 19.7 Å². The maximum atomic E-state index is 15.1. The van der Waals surface area contributed by atoms with Gasteiger partial charge in [-0.2, -0.15) is 8.78 Å². The van der Waals surface area contributed by atoms with Crippen LogP contribution >= 0.6 is 0 Å². The van der Waals surface area contributed by atoms with Crippen LogP contribution in [0.15, 0.2) is 23.8 Å². The molecular formula is C27H35F2NO7. The van der Waals surface area contributed by atoms with Gasteiger partial charge in [0.2, 0.25) is 0 Å². The Balaban J connectivity index is 2.00. The molecule has 2 aliphatic rings. The molecule has 1 aliphatic heterocycles. The van der Waals surface area contributed by atoms with Crippen molar-refractivity contribution in [3.05, 3.63) is 45.0 Å². The molecule has 10 heteroatoms. The van der Waals surface area contributed by atoms with E-state index in [1.54, 1.807) is 26.0 Å². The number of rotatable bonds is 12. The maximum absolute atomic E-state index is 15.1. The standard InChI is InChI=1S/C27H35F2NO7/c1-5-6-7-9-23(31)26(3,4)18-15-21(36-24(32)10-8-13-35-30(33)34)25-19-14-17(2)11-12-20(19)27(28,29)37-22(25)16-18/h11,15-16,19-20H,5-10,12-14H2,1-4H3. The molecule has 1 aliphatic carbocycles. The smallest absolute Gasteiger partial charge is 0.401 e. The second-order valence-electron chi connectivity index (χ2n) is 10.4. The highest BCUT2D eigenvalue weighted by molar-refractivity contribution is 5.89. The molecule has 0 bridgehead atoms. The molecule has 0 spiro atoms. The van der Waals surface area contributed by atoms with Gasteiger partial charge in [-0.3, -0.25) is 9.59 Å². The van der Waals surface area contributed by atoms with E-state index in [4.69, 9.17) is 9.47 Å². The predicted molar refractivity (Wildman–Crippen MR) is 131 cm³/mol. The summed E-state index contributed by atoms with van der Waals surface area (Å²) in [7, 11) is 0. The Hall–Kier alpha value is -3.04. The van der Waals surface area contributed by atoms with Gasteiger partial charge in [0.1, 0.15) is 17.3 Å². The average molecular weight is 524 g/mol. The van der Waals surface area contributed by atoms with Gasteiger partial charge < -0.3 is 14.3 Å². The Morgan fingerprint density at radius 3 is 2.62 bits per heavy atom. The number of alkyl halides is 2. The Bertz CT molecular complexity index is 1070. The maximum Gasteiger partial charge on any atom is 0.401 e. The molecule has 2 atom stereocenters. The first kappa shape index (κ1) is 28.5. The zero-order valence-corrected chi connectivity index (χ0v) is 21.8. The van der Waals surface area contributed by atoms with Crippen molar-refractivity contribution >= 4 is 11.8 Å². The van der Waals surface area contributed by atoms with Crippen LogP contribution in [0.5, 0.6) is 11.5 Å². The highest BCUT2D eigenvalue weighted by Crippen LogP contribution is 2.56. The third-order valence-corrected chi connectivity index (χ3v) is 7.27. The first-order valence-corrected chi connectivity index (χ1v) is 12.8. The largest absolute Gasteiger partial charge is 0.432 e. The SMILES string of the molecule is CCCCCC(=O)C(C)(C)c1cc(OC(=O)CCCO[N+](=O)[O-])c2c(c1)OC(F)(F)C1CC=C(C)CC21. The van der Waals surface area contributed by atoms with Crippen molar-refractivity contribution in [1.29, 1.82) is 0 Å². The minimum absolute atomic E-state index is 0.0472. The van der Waals surface area contributed by atoms with Crippen LogP contribution in [0.1, 0.15) is 96.1 Å². The fourth-order valence-electron chi connectivity index (χ4n) is 5.00. The summed E-state index contributed by atoms with van der Waals surface area (Å²) in [5, 5.41) is 9.39. The fraction of sp³-hybridized carbons (Fsp3) is 0.630. The number of hydrogen-bond acceptors (Lipinski definition) is 7. The fourth-order valence-corrected chi connectivity index (χ4v) is 5.00. The molecule has 1 aromatic carbocycles. The normalized spacial score (nSPS) is 20.1. The van der Waals surface area contributed by atoms with Crippen molar-refractivity contribution < 1.29 is 37.8 Å². The van der Waals surface area contributed by atoms with Gasteiger partial charge in [0.15, 0.2) is 0 Å². The van der Waals surface area contributed by atoms with Gasteiger partial charge in [0, 0.05) is 29.7 Å². The summed E-state index contributed by atoms with van der Waals surface area (Å²) in [6, 6.07) is 3.06. The molecule has 0 radical (unpaired) electrons. The van der Waals surface area contributed by atoms with E-state index in [1.807, 2.05) is 13.8 Å². The molecule has 0 N–H and O–H groups in total. The van der Waals surface area contributed by atoms with E-state index in [-0.39, 0.29) is 43.2 Å². The summed E-state index contributed by atoms with van der Waals surface area (Å²) in [6.07, 6.45) is 1.63. The third kappa shape index (κ3) is 6.64. The van der Waals surface area contributed by atoms with E-state index in [2.05, 4.69) is 4.84 Å². The van der Waals surface area contributed by atoms with E-state index in [1.165, 1.54) is 6.07 Å². The number of allylic oxidation sites excluding steroid dienone is 2. The number of carbonyl (C=O) groups is 2. The lowest BCUT2D eigenvalue weighted by atomic mass is 9.71. The number of fused-ring (bicyclic) bond motifs is 3. The Morgan fingerprint density at radius 1 is 1.22 bits per heavy atom. The predicted octanol–water partition coefficient (Wildman–Crippen LogP) is 6.43. The van der Waals surface area contributed by atoms with Crippen molar-refractivity contribution in [3.63, 3.8) is 0 Å². The van der Waals surface area contributed by atoms with Crippen LogP contribution in [-0.4, -0.2) is 29.6 Å². The van der Waals surface area contributed by atoms with Crippen LogP contribution < -0.4 is 9.47 Å². The zero-order chi connectivity index (χ0) is 27.4. The summed E-state index contributed by atoms with van der Waals surface area (Å²) in [5.41, 5.74) is 0.733. The lowest BCUT2D eigenvalue weighted by Crippen LogP contribution is -2.43. The Morgan fingerprint density at radius 2 is 1.95 bits per heavy atom. The van der Waals surface area contributed by atoms with Crippen molar-refractivity contribution in [2.45, 2.75) is 96.5 Å². The molecule has 3 rings (SSSR count). The van der Waals surface area contributed by atoms with Crippen LogP contribution in [0.2, 0.25) is 0 Å². The van der Waals surface area contributed by atoms with Crippen LogP contribution in [0, 0.1) is 16.0 Å². The summed E-state index contributed by atoms with van der Waals surface area (Å²) in [5.74, 6) is -2.50. The first-order chi connectivity index (χ1) is 17.4. The van der Waals surface area contributed by atoms with Gasteiger partial charge in [0.25, 0.3) is 5.09 Å². The number of esters is 1. The summed E-state index contributed by atoms with van der Waals surface area (Å²) >= 11 is 0. The molecule has 2 unspecified atom stereocenters. The molecule has 1 aromatic rings. The Kier molecular flexibility index (Phi) is 8.92. The van der Waals surface area contributed by atoms with Gasteiger partial charge in [-0.15, -0.1) is 10.1 Å². The summed E-state index contributed by atoms with van der Waals surface area (Å²) in [4.78, 5) is 40.3. The number of hydrogen-bond donors (Lipinski definition) is 0. The molecule has 0 fully saturated rings. The molecular weight excluding hydrogens is 488 g/mol. The number of Topliss-reactive ketones (excluding diaryl/α,β-unsaturated/α-hetero) is 1. The Labute approximate surface area is 215 Å². The van der Waals surface area contributed by atoms with Crippen LogP contribution in [0.3, 0.4) is 0 Å². The number of carbonyl (C=O) groups excluding carboxylic acids is 2. The van der Waals surface area contributed by atoms with E-state index < -0.39 is 34.4 Å². The van der Waals surface area contributed by atoms with E-state index in [0.29, 0.717) is 24.0 Å². The summed E-state index contributed by atoms with van der Waals surface area (Å²) in [6.45, 7) is 7.08.